The van der Waals surface area contributed by atoms with Gasteiger partial charge in [-0.2, -0.15) is 16.1 Å². The molecule has 0 atom stereocenters. The summed E-state index contributed by atoms with van der Waals surface area (Å²) in [6, 6.07) is 15.4. The van der Waals surface area contributed by atoms with Crippen LogP contribution >= 0.6 is 11.8 Å². The summed E-state index contributed by atoms with van der Waals surface area (Å²) < 4.78 is 27.1. The quantitative estimate of drug-likeness (QED) is 0.495. The first kappa shape index (κ1) is 23.1. The van der Waals surface area contributed by atoms with Crippen LogP contribution in [0.5, 0.6) is 0 Å². The number of H-pyrrole nitrogens is 1. The second-order valence-electron chi connectivity index (χ2n) is 7.57. The standard InChI is InChI=1S/C23H24N4O4S2/c1-16-7-8-18(25-22(28)17-5-3-2-4-6-17)13-20(16)26-23(29)21-14-19(15-24-21)33(30,31)27-9-11-32-12-10-27/h2-8,13-15,24H,9-12H2,1H3,(H,25,28)(H,26,29). The van der Waals surface area contributed by atoms with Crippen molar-refractivity contribution < 1.29 is 18.0 Å². The zero-order chi connectivity index (χ0) is 23.4. The Hall–Kier alpha value is -3.08. The molecule has 33 heavy (non-hydrogen) atoms. The number of thioether (sulfide) groups is 1. The summed E-state index contributed by atoms with van der Waals surface area (Å²) in [5, 5.41) is 5.61. The van der Waals surface area contributed by atoms with Gasteiger partial charge in [-0.3, -0.25) is 9.59 Å². The lowest BCUT2D eigenvalue weighted by atomic mass is 10.1. The van der Waals surface area contributed by atoms with Crippen molar-refractivity contribution in [3.8, 4) is 0 Å². The Morgan fingerprint density at radius 3 is 2.42 bits per heavy atom. The van der Waals surface area contributed by atoms with Gasteiger partial charge in [-0.05, 0) is 42.8 Å². The first-order valence-corrected chi connectivity index (χ1v) is 13.0. The van der Waals surface area contributed by atoms with Crippen molar-refractivity contribution in [1.82, 2.24) is 9.29 Å². The molecule has 2 heterocycles. The minimum absolute atomic E-state index is 0.0696. The summed E-state index contributed by atoms with van der Waals surface area (Å²) in [7, 11) is -3.64. The second kappa shape index (κ2) is 9.82. The summed E-state index contributed by atoms with van der Waals surface area (Å²) in [6.07, 6.45) is 1.34. The van der Waals surface area contributed by atoms with E-state index in [-0.39, 0.29) is 16.5 Å². The first-order chi connectivity index (χ1) is 15.8. The highest BCUT2D eigenvalue weighted by molar-refractivity contribution is 7.99. The van der Waals surface area contributed by atoms with Gasteiger partial charge in [-0.15, -0.1) is 0 Å². The highest BCUT2D eigenvalue weighted by atomic mass is 32.2. The van der Waals surface area contributed by atoms with Gasteiger partial charge in [0.1, 0.15) is 10.6 Å². The number of aromatic amines is 1. The lowest BCUT2D eigenvalue weighted by Crippen LogP contribution is -2.37. The van der Waals surface area contributed by atoms with E-state index in [1.807, 2.05) is 13.0 Å². The van der Waals surface area contributed by atoms with Gasteiger partial charge in [0.25, 0.3) is 11.8 Å². The van der Waals surface area contributed by atoms with Gasteiger partial charge in [0.2, 0.25) is 10.0 Å². The molecule has 0 spiro atoms. The molecule has 1 saturated heterocycles. The van der Waals surface area contributed by atoms with Crippen molar-refractivity contribution in [3.05, 3.63) is 77.6 Å². The van der Waals surface area contributed by atoms with Gasteiger partial charge >= 0.3 is 0 Å². The van der Waals surface area contributed by atoms with Crippen LogP contribution in [-0.2, 0) is 10.0 Å². The highest BCUT2D eigenvalue weighted by Crippen LogP contribution is 2.24. The number of amides is 2. The molecule has 0 saturated carbocycles. The van der Waals surface area contributed by atoms with E-state index in [0.717, 1.165) is 17.1 Å². The monoisotopic (exact) mass is 484 g/mol. The average Bonchev–Trinajstić information content (AvgIpc) is 3.34. The molecule has 172 valence electrons. The van der Waals surface area contributed by atoms with Crippen LogP contribution < -0.4 is 10.6 Å². The third kappa shape index (κ3) is 5.29. The molecule has 1 aliphatic rings. The van der Waals surface area contributed by atoms with Gasteiger partial charge in [-0.1, -0.05) is 24.3 Å². The molecule has 2 amide bonds. The molecule has 1 fully saturated rings. The van der Waals surface area contributed by atoms with Crippen LogP contribution in [0.3, 0.4) is 0 Å². The summed E-state index contributed by atoms with van der Waals surface area (Å²) in [5.41, 5.74) is 2.50. The number of hydrogen-bond donors (Lipinski definition) is 3. The van der Waals surface area contributed by atoms with E-state index in [9.17, 15) is 18.0 Å². The van der Waals surface area contributed by atoms with Crippen molar-refractivity contribution in [2.45, 2.75) is 11.8 Å². The Labute approximate surface area is 196 Å². The Kier molecular flexibility index (Phi) is 6.87. The normalized spacial score (nSPS) is 14.6. The smallest absolute Gasteiger partial charge is 0.272 e. The second-order valence-corrected chi connectivity index (χ2v) is 10.7. The molecule has 8 nitrogen and oxygen atoms in total. The number of rotatable bonds is 6. The van der Waals surface area contributed by atoms with E-state index in [4.69, 9.17) is 0 Å². The zero-order valence-electron chi connectivity index (χ0n) is 18.0. The number of anilines is 2. The molecule has 3 aromatic rings. The fraction of sp³-hybridized carbons (Fsp3) is 0.217. The minimum atomic E-state index is -3.64. The predicted octanol–water partition coefficient (Wildman–Crippen LogP) is 3.57. The van der Waals surface area contributed by atoms with Gasteiger partial charge < -0.3 is 15.6 Å². The van der Waals surface area contributed by atoms with Crippen molar-refractivity contribution in [2.75, 3.05) is 35.2 Å². The van der Waals surface area contributed by atoms with Gasteiger partial charge in [0.15, 0.2) is 0 Å². The van der Waals surface area contributed by atoms with Crippen LogP contribution in [0.2, 0.25) is 0 Å². The van der Waals surface area contributed by atoms with E-state index in [2.05, 4.69) is 15.6 Å². The number of nitrogens with zero attached hydrogens (tertiary/aromatic N) is 1. The summed E-state index contributed by atoms with van der Waals surface area (Å²) in [4.78, 5) is 28.0. The molecule has 4 rings (SSSR count). The van der Waals surface area contributed by atoms with Crippen LogP contribution in [0.15, 0.2) is 65.7 Å². The third-order valence-electron chi connectivity index (χ3n) is 5.29. The molecule has 1 aromatic heterocycles. The maximum atomic E-state index is 12.8. The summed E-state index contributed by atoms with van der Waals surface area (Å²) >= 11 is 1.72. The summed E-state index contributed by atoms with van der Waals surface area (Å²) in [5.74, 6) is 0.785. The number of aromatic nitrogens is 1. The van der Waals surface area contributed by atoms with Crippen LogP contribution in [0, 0.1) is 6.92 Å². The largest absolute Gasteiger partial charge is 0.356 e. The maximum absolute atomic E-state index is 12.8. The number of hydrogen-bond acceptors (Lipinski definition) is 5. The third-order valence-corrected chi connectivity index (χ3v) is 8.11. The fourth-order valence-corrected chi connectivity index (χ4v) is 5.98. The molecular weight excluding hydrogens is 460 g/mol. The molecule has 0 unspecified atom stereocenters. The van der Waals surface area contributed by atoms with Crippen molar-refractivity contribution in [1.29, 1.82) is 0 Å². The number of benzene rings is 2. The molecule has 3 N–H and O–H groups in total. The van der Waals surface area contributed by atoms with E-state index in [1.165, 1.54) is 16.6 Å². The Balaban J connectivity index is 1.47. The van der Waals surface area contributed by atoms with Crippen molar-refractivity contribution in [3.63, 3.8) is 0 Å². The molecular formula is C23H24N4O4S2. The van der Waals surface area contributed by atoms with E-state index >= 15 is 0 Å². The lowest BCUT2D eigenvalue weighted by Gasteiger charge is -2.24. The van der Waals surface area contributed by atoms with Gasteiger partial charge in [-0.25, -0.2) is 8.42 Å². The lowest BCUT2D eigenvalue weighted by molar-refractivity contribution is 0.101. The Bertz CT molecular complexity index is 1270. The average molecular weight is 485 g/mol. The first-order valence-electron chi connectivity index (χ1n) is 10.4. The molecule has 1 aliphatic heterocycles. The van der Waals surface area contributed by atoms with Crippen LogP contribution in [0.1, 0.15) is 26.4 Å². The number of carbonyl (C=O) groups excluding carboxylic acids is 2. The SMILES string of the molecule is Cc1ccc(NC(=O)c2ccccc2)cc1NC(=O)c1cc(S(=O)(=O)N2CCSCC2)c[nH]1. The Morgan fingerprint density at radius 2 is 1.70 bits per heavy atom. The number of carbonyl (C=O) groups is 2. The van der Waals surface area contributed by atoms with Crippen LogP contribution in [-0.4, -0.2) is 54.1 Å². The minimum Gasteiger partial charge on any atom is -0.356 e. The molecule has 0 bridgehead atoms. The highest BCUT2D eigenvalue weighted by Gasteiger charge is 2.27. The van der Waals surface area contributed by atoms with Crippen LogP contribution in [0.4, 0.5) is 11.4 Å². The van der Waals surface area contributed by atoms with E-state index in [1.54, 1.807) is 54.2 Å². The number of nitrogens with one attached hydrogen (secondary N) is 3. The zero-order valence-corrected chi connectivity index (χ0v) is 19.6. The van der Waals surface area contributed by atoms with Crippen LogP contribution in [0.25, 0.3) is 0 Å². The van der Waals surface area contributed by atoms with E-state index < -0.39 is 15.9 Å². The van der Waals surface area contributed by atoms with E-state index in [0.29, 0.717) is 30.0 Å². The molecule has 0 aliphatic carbocycles. The summed E-state index contributed by atoms with van der Waals surface area (Å²) in [6.45, 7) is 2.75. The van der Waals surface area contributed by atoms with Gasteiger partial charge in [0, 0.05) is 47.7 Å². The number of aryl methyl sites for hydroxylation is 1. The number of sulfonamides is 1. The Morgan fingerprint density at radius 1 is 0.970 bits per heavy atom. The fourth-order valence-electron chi connectivity index (χ4n) is 3.41. The maximum Gasteiger partial charge on any atom is 0.272 e. The van der Waals surface area contributed by atoms with Crippen molar-refractivity contribution >= 4 is 45.0 Å². The predicted molar refractivity (Wildman–Crippen MR) is 130 cm³/mol. The molecule has 0 radical (unpaired) electrons. The molecule has 10 heteroatoms. The van der Waals surface area contributed by atoms with Gasteiger partial charge in [0.05, 0.1) is 0 Å². The molecule has 2 aromatic carbocycles. The topological polar surface area (TPSA) is 111 Å². The van der Waals surface area contributed by atoms with Crippen molar-refractivity contribution in [2.24, 2.45) is 0 Å².